The number of fused-ring (bicyclic) bond motifs is 1. The van der Waals surface area contributed by atoms with Crippen molar-refractivity contribution in [3.8, 4) is 0 Å². The Hall–Kier alpha value is -1.03. The largest absolute Gasteiger partial charge is 0.406 e. The number of alkyl halides is 4. The zero-order valence-electron chi connectivity index (χ0n) is 15.6. The molecule has 27 heavy (non-hydrogen) atoms. The summed E-state index contributed by atoms with van der Waals surface area (Å²) in [6.07, 6.45) is -4.68. The predicted octanol–water partition coefficient (Wildman–Crippen LogP) is 5.43. The molecule has 1 aromatic carbocycles. The number of piperidine rings is 1. The Morgan fingerprint density at radius 2 is 1.93 bits per heavy atom. The highest BCUT2D eigenvalue weighted by Crippen LogP contribution is 2.32. The maximum Gasteiger partial charge on any atom is 0.406 e. The third-order valence-electron chi connectivity index (χ3n) is 5.06. The summed E-state index contributed by atoms with van der Waals surface area (Å²) in [6.45, 7) is 6.31. The summed E-state index contributed by atoms with van der Waals surface area (Å²) in [5, 5.41) is 3.94. The standard InChI is InChI=1S/C19H24F4IN3/c1-18(2,3)26-8-7-15(13(20)10-26)25-14-5-4-6-16-12(14)9-17(24)27(16)11-19(21,22)23/h4-6,9,13,15,25H,7-8,10-11H2,1-3H3/t13-,15+/m0/s1. The van der Waals surface area contributed by atoms with Crippen LogP contribution in [0.2, 0.25) is 0 Å². The summed E-state index contributed by atoms with van der Waals surface area (Å²) >= 11 is 1.91. The van der Waals surface area contributed by atoms with Gasteiger partial charge in [-0.2, -0.15) is 13.2 Å². The van der Waals surface area contributed by atoms with Crippen molar-refractivity contribution in [1.29, 1.82) is 0 Å². The summed E-state index contributed by atoms with van der Waals surface area (Å²) in [4.78, 5) is 2.12. The lowest BCUT2D eigenvalue weighted by Gasteiger charge is -2.42. The van der Waals surface area contributed by atoms with Crippen LogP contribution in [0.3, 0.4) is 0 Å². The Labute approximate surface area is 170 Å². The first-order valence-corrected chi connectivity index (χ1v) is 10.0. The number of rotatable bonds is 3. The van der Waals surface area contributed by atoms with Crippen molar-refractivity contribution in [2.75, 3.05) is 18.4 Å². The highest BCUT2D eigenvalue weighted by Gasteiger charge is 2.34. The van der Waals surface area contributed by atoms with Gasteiger partial charge < -0.3 is 9.88 Å². The first kappa shape index (κ1) is 20.7. The van der Waals surface area contributed by atoms with Crippen molar-refractivity contribution in [3.05, 3.63) is 28.0 Å². The number of hydrogen-bond acceptors (Lipinski definition) is 2. The highest BCUT2D eigenvalue weighted by atomic mass is 127. The molecule has 2 atom stereocenters. The van der Waals surface area contributed by atoms with Crippen LogP contribution in [0.5, 0.6) is 0 Å². The second kappa shape index (κ2) is 7.42. The Bertz CT molecular complexity index is 810. The number of likely N-dealkylation sites (tertiary alicyclic amines) is 1. The molecule has 1 saturated heterocycles. The van der Waals surface area contributed by atoms with Gasteiger partial charge in [0.2, 0.25) is 0 Å². The molecule has 1 N–H and O–H groups in total. The second-order valence-corrected chi connectivity index (χ2v) is 9.18. The van der Waals surface area contributed by atoms with Gasteiger partial charge in [-0.3, -0.25) is 4.90 Å². The molecule has 1 aliphatic heterocycles. The number of halogens is 5. The van der Waals surface area contributed by atoms with Crippen molar-refractivity contribution in [3.63, 3.8) is 0 Å². The average molecular weight is 497 g/mol. The van der Waals surface area contributed by atoms with Crippen molar-refractivity contribution in [1.82, 2.24) is 9.47 Å². The van der Waals surface area contributed by atoms with Gasteiger partial charge in [0.05, 0.1) is 15.3 Å². The van der Waals surface area contributed by atoms with E-state index in [9.17, 15) is 17.6 Å². The van der Waals surface area contributed by atoms with Crippen LogP contribution in [0.4, 0.5) is 23.2 Å². The molecule has 0 bridgehead atoms. The Balaban J connectivity index is 1.83. The van der Waals surface area contributed by atoms with Crippen LogP contribution in [0.1, 0.15) is 27.2 Å². The molecular formula is C19H24F4IN3. The van der Waals surface area contributed by atoms with Crippen LogP contribution in [-0.2, 0) is 6.54 Å². The van der Waals surface area contributed by atoms with Crippen molar-refractivity contribution < 1.29 is 17.6 Å². The Kier molecular flexibility index (Phi) is 5.69. The van der Waals surface area contributed by atoms with Crippen LogP contribution < -0.4 is 5.32 Å². The van der Waals surface area contributed by atoms with Gasteiger partial charge in [-0.05, 0) is 68.0 Å². The van der Waals surface area contributed by atoms with Crippen LogP contribution in [0, 0.1) is 3.70 Å². The molecule has 8 heteroatoms. The normalized spacial score (nSPS) is 22.4. The van der Waals surface area contributed by atoms with E-state index in [1.165, 1.54) is 4.57 Å². The third kappa shape index (κ3) is 4.70. The minimum absolute atomic E-state index is 0.0831. The molecule has 2 heterocycles. The maximum absolute atomic E-state index is 14.8. The summed E-state index contributed by atoms with van der Waals surface area (Å²) in [5.74, 6) is 0. The fourth-order valence-corrected chi connectivity index (χ4v) is 4.34. The molecule has 2 aromatic rings. The van der Waals surface area contributed by atoms with E-state index in [-0.39, 0.29) is 11.6 Å². The van der Waals surface area contributed by atoms with E-state index in [2.05, 4.69) is 31.0 Å². The summed E-state index contributed by atoms with van der Waals surface area (Å²) in [6, 6.07) is 6.56. The Morgan fingerprint density at radius 1 is 1.22 bits per heavy atom. The lowest BCUT2D eigenvalue weighted by atomic mass is 9.96. The molecule has 1 aliphatic rings. The molecule has 0 aliphatic carbocycles. The van der Waals surface area contributed by atoms with E-state index >= 15 is 0 Å². The minimum Gasteiger partial charge on any atom is -0.379 e. The molecule has 1 fully saturated rings. The molecular weight excluding hydrogens is 473 g/mol. The van der Waals surface area contributed by atoms with Crippen LogP contribution >= 0.6 is 22.6 Å². The number of aromatic nitrogens is 1. The molecule has 0 radical (unpaired) electrons. The van der Waals surface area contributed by atoms with Gasteiger partial charge in [0.15, 0.2) is 0 Å². The third-order valence-corrected chi connectivity index (χ3v) is 5.96. The average Bonchev–Trinajstić information content (AvgIpc) is 2.84. The smallest absolute Gasteiger partial charge is 0.379 e. The van der Waals surface area contributed by atoms with Gasteiger partial charge >= 0.3 is 6.18 Å². The summed E-state index contributed by atoms with van der Waals surface area (Å²) < 4.78 is 55.2. The molecule has 3 rings (SSSR count). The molecule has 0 saturated carbocycles. The SMILES string of the molecule is CC(C)(C)N1CC[C@@H](Nc2cccc3c2cc(I)n3CC(F)(F)F)[C@@H](F)C1. The molecule has 150 valence electrons. The van der Waals surface area contributed by atoms with Gasteiger partial charge in [-0.25, -0.2) is 4.39 Å². The number of benzene rings is 1. The minimum atomic E-state index is -4.29. The fraction of sp³-hybridized carbons (Fsp3) is 0.579. The van der Waals surface area contributed by atoms with Crippen molar-refractivity contribution >= 4 is 39.2 Å². The lowest BCUT2D eigenvalue weighted by molar-refractivity contribution is -0.140. The summed E-state index contributed by atoms with van der Waals surface area (Å²) in [7, 11) is 0. The van der Waals surface area contributed by atoms with E-state index in [1.807, 2.05) is 22.6 Å². The van der Waals surface area contributed by atoms with Gasteiger partial charge in [0.1, 0.15) is 12.7 Å². The number of hydrogen-bond donors (Lipinski definition) is 1. The zero-order chi connectivity index (χ0) is 20.0. The summed E-state index contributed by atoms with van der Waals surface area (Å²) in [5.41, 5.74) is 1.10. The molecule has 0 unspecified atom stereocenters. The Morgan fingerprint density at radius 3 is 2.52 bits per heavy atom. The number of nitrogens with zero attached hydrogens (tertiary/aromatic N) is 2. The van der Waals surface area contributed by atoms with E-state index in [0.717, 1.165) is 6.54 Å². The fourth-order valence-electron chi connectivity index (χ4n) is 3.59. The second-order valence-electron chi connectivity index (χ2n) is 8.08. The number of anilines is 1. The zero-order valence-corrected chi connectivity index (χ0v) is 17.7. The van der Waals surface area contributed by atoms with Gasteiger partial charge in [0.25, 0.3) is 0 Å². The first-order chi connectivity index (χ1) is 12.5. The number of nitrogens with one attached hydrogen (secondary N) is 1. The quantitative estimate of drug-likeness (QED) is 0.451. The molecule has 0 amide bonds. The molecule has 3 nitrogen and oxygen atoms in total. The maximum atomic E-state index is 14.8. The van der Waals surface area contributed by atoms with Crippen molar-refractivity contribution in [2.24, 2.45) is 0 Å². The van der Waals surface area contributed by atoms with Gasteiger partial charge in [-0.1, -0.05) is 6.07 Å². The monoisotopic (exact) mass is 497 g/mol. The van der Waals surface area contributed by atoms with Crippen LogP contribution in [-0.4, -0.2) is 46.5 Å². The predicted molar refractivity (Wildman–Crippen MR) is 109 cm³/mol. The van der Waals surface area contributed by atoms with E-state index in [0.29, 0.717) is 33.3 Å². The van der Waals surface area contributed by atoms with Gasteiger partial charge in [-0.15, -0.1) is 0 Å². The molecule has 1 aromatic heterocycles. The topological polar surface area (TPSA) is 20.2 Å². The van der Waals surface area contributed by atoms with E-state index in [4.69, 9.17) is 0 Å². The van der Waals surface area contributed by atoms with Crippen molar-refractivity contribution in [2.45, 2.75) is 57.7 Å². The highest BCUT2D eigenvalue weighted by molar-refractivity contribution is 14.1. The van der Waals surface area contributed by atoms with Crippen LogP contribution in [0.25, 0.3) is 10.9 Å². The first-order valence-electron chi connectivity index (χ1n) is 8.96. The lowest BCUT2D eigenvalue weighted by Crippen LogP contribution is -2.54. The molecule has 0 spiro atoms. The van der Waals surface area contributed by atoms with E-state index in [1.54, 1.807) is 24.3 Å². The van der Waals surface area contributed by atoms with Crippen LogP contribution in [0.15, 0.2) is 24.3 Å². The van der Waals surface area contributed by atoms with E-state index < -0.39 is 18.9 Å². The van der Waals surface area contributed by atoms with Gasteiger partial charge in [0, 0.05) is 29.7 Å².